The topological polar surface area (TPSA) is 95.3 Å². The molecule has 3 N–H and O–H groups in total. The lowest BCUT2D eigenvalue weighted by Gasteiger charge is -2.17. The summed E-state index contributed by atoms with van der Waals surface area (Å²) in [6.07, 6.45) is 1.29. The van der Waals surface area contributed by atoms with Crippen molar-refractivity contribution in [2.45, 2.75) is 38.3 Å². The Kier molecular flexibility index (Phi) is 3.94. The molecule has 19 heavy (non-hydrogen) atoms. The van der Waals surface area contributed by atoms with E-state index in [2.05, 4.69) is 15.3 Å². The number of carbonyl (C=O) groups is 1. The van der Waals surface area contributed by atoms with Gasteiger partial charge in [-0.2, -0.15) is 0 Å². The molecule has 3 atom stereocenters. The number of aliphatic hydroxyl groups excluding tert-OH is 1. The molecule has 0 amide bonds. The number of carboxylic acid groups (broad SMARTS) is 1. The number of nitrogens with zero attached hydrogens (tertiary/aromatic N) is 2. The Hall–Kier alpha value is -1.76. The Morgan fingerprint density at radius 3 is 2.84 bits per heavy atom. The molecular formula is C12H16FN3O3. The van der Waals surface area contributed by atoms with Crippen LogP contribution in [-0.4, -0.2) is 38.3 Å². The molecule has 1 fully saturated rings. The first-order chi connectivity index (χ1) is 9.02. The van der Waals surface area contributed by atoms with Crippen LogP contribution < -0.4 is 5.32 Å². The number of aliphatic hydroxyl groups is 1. The maximum absolute atomic E-state index is 13.9. The highest BCUT2D eigenvalue weighted by Crippen LogP contribution is 2.29. The summed E-state index contributed by atoms with van der Waals surface area (Å²) in [4.78, 5) is 18.5. The molecule has 3 unspecified atom stereocenters. The number of hydrogen-bond donors (Lipinski definition) is 3. The van der Waals surface area contributed by atoms with Crippen molar-refractivity contribution < 1.29 is 19.4 Å². The van der Waals surface area contributed by atoms with Gasteiger partial charge in [0.25, 0.3) is 0 Å². The second-order valence-electron chi connectivity index (χ2n) is 4.66. The van der Waals surface area contributed by atoms with Gasteiger partial charge in [-0.3, -0.25) is 4.79 Å². The second kappa shape index (κ2) is 5.48. The highest BCUT2D eigenvalue weighted by molar-refractivity contribution is 5.70. The summed E-state index contributed by atoms with van der Waals surface area (Å²) >= 11 is 0. The third-order valence-electron chi connectivity index (χ3n) is 3.40. The van der Waals surface area contributed by atoms with Gasteiger partial charge in [0.05, 0.1) is 23.8 Å². The van der Waals surface area contributed by atoms with Gasteiger partial charge in [0.1, 0.15) is 6.33 Å². The van der Waals surface area contributed by atoms with Crippen molar-refractivity contribution >= 4 is 11.8 Å². The van der Waals surface area contributed by atoms with Crippen LogP contribution >= 0.6 is 0 Å². The third kappa shape index (κ3) is 2.81. The van der Waals surface area contributed by atoms with Crippen LogP contribution in [0.15, 0.2) is 6.33 Å². The van der Waals surface area contributed by atoms with Gasteiger partial charge in [-0.25, -0.2) is 14.4 Å². The number of halogens is 1. The number of rotatable bonds is 4. The minimum atomic E-state index is -0.944. The lowest BCUT2D eigenvalue weighted by Crippen LogP contribution is -2.29. The lowest BCUT2D eigenvalue weighted by molar-refractivity contribution is -0.141. The molecule has 1 aliphatic carbocycles. The molecule has 0 aromatic carbocycles. The highest BCUT2D eigenvalue weighted by atomic mass is 19.1. The largest absolute Gasteiger partial charge is 0.481 e. The van der Waals surface area contributed by atoms with E-state index in [0.29, 0.717) is 12.1 Å². The standard InChI is InChI=1S/C12H16FN3O3/c1-2-7-10(13)11(15-5-14-7)16-8-3-6(12(18)19)4-9(8)17/h5-6,8-9,17H,2-4H2,1H3,(H,18,19)(H,14,15,16). The van der Waals surface area contributed by atoms with E-state index in [1.807, 2.05) is 0 Å². The van der Waals surface area contributed by atoms with E-state index in [9.17, 15) is 14.3 Å². The Morgan fingerprint density at radius 1 is 1.53 bits per heavy atom. The Balaban J connectivity index is 2.12. The van der Waals surface area contributed by atoms with Crippen molar-refractivity contribution in [2.75, 3.05) is 5.32 Å². The fraction of sp³-hybridized carbons (Fsp3) is 0.583. The van der Waals surface area contributed by atoms with E-state index in [1.165, 1.54) is 6.33 Å². The second-order valence-corrected chi connectivity index (χ2v) is 4.66. The minimum absolute atomic E-state index is 0.0157. The lowest BCUT2D eigenvalue weighted by atomic mass is 10.1. The van der Waals surface area contributed by atoms with Gasteiger partial charge in [-0.15, -0.1) is 0 Å². The summed E-state index contributed by atoms with van der Waals surface area (Å²) in [5.74, 6) is -2.08. The summed E-state index contributed by atoms with van der Waals surface area (Å²) in [5, 5.41) is 21.5. The molecule has 2 rings (SSSR count). The average molecular weight is 269 g/mol. The van der Waals surface area contributed by atoms with Gasteiger partial charge in [-0.1, -0.05) is 6.92 Å². The first-order valence-electron chi connectivity index (χ1n) is 6.19. The third-order valence-corrected chi connectivity index (χ3v) is 3.40. The normalized spacial score (nSPS) is 26.4. The fourth-order valence-electron chi connectivity index (χ4n) is 2.30. The number of anilines is 1. The SMILES string of the molecule is CCc1ncnc(NC2CC(C(=O)O)CC2O)c1F. The molecule has 1 aromatic heterocycles. The molecule has 0 spiro atoms. The van der Waals surface area contributed by atoms with Gasteiger partial charge >= 0.3 is 5.97 Å². The minimum Gasteiger partial charge on any atom is -0.481 e. The number of nitrogens with one attached hydrogen (secondary N) is 1. The van der Waals surface area contributed by atoms with Gasteiger partial charge in [0, 0.05) is 0 Å². The number of aromatic nitrogens is 2. The summed E-state index contributed by atoms with van der Waals surface area (Å²) < 4.78 is 13.9. The monoisotopic (exact) mass is 269 g/mol. The molecule has 0 aliphatic heterocycles. The molecule has 104 valence electrons. The Labute approximate surface area is 109 Å². The Morgan fingerprint density at radius 2 is 2.26 bits per heavy atom. The van der Waals surface area contributed by atoms with Crippen molar-refractivity contribution in [3.63, 3.8) is 0 Å². The van der Waals surface area contributed by atoms with Gasteiger partial charge in [-0.05, 0) is 19.3 Å². The van der Waals surface area contributed by atoms with E-state index in [4.69, 9.17) is 5.11 Å². The molecule has 1 aromatic rings. The van der Waals surface area contributed by atoms with Crippen LogP contribution in [0, 0.1) is 11.7 Å². The van der Waals surface area contributed by atoms with Crippen molar-refractivity contribution in [2.24, 2.45) is 5.92 Å². The van der Waals surface area contributed by atoms with Crippen molar-refractivity contribution in [1.82, 2.24) is 9.97 Å². The molecular weight excluding hydrogens is 253 g/mol. The molecule has 1 heterocycles. The van der Waals surface area contributed by atoms with Gasteiger partial charge in [0.15, 0.2) is 11.6 Å². The highest BCUT2D eigenvalue weighted by Gasteiger charge is 2.37. The van der Waals surface area contributed by atoms with Crippen LogP contribution in [0.25, 0.3) is 0 Å². The van der Waals surface area contributed by atoms with Gasteiger partial charge in [0.2, 0.25) is 0 Å². The number of carboxylic acids is 1. The quantitative estimate of drug-likeness (QED) is 0.748. The maximum Gasteiger partial charge on any atom is 0.306 e. The summed E-state index contributed by atoms with van der Waals surface area (Å²) in [5.41, 5.74) is 0.291. The number of hydrogen-bond acceptors (Lipinski definition) is 5. The number of aliphatic carboxylic acids is 1. The summed E-state index contributed by atoms with van der Waals surface area (Å²) in [7, 11) is 0. The van der Waals surface area contributed by atoms with Crippen molar-refractivity contribution in [3.05, 3.63) is 17.8 Å². The van der Waals surface area contributed by atoms with E-state index in [1.54, 1.807) is 6.92 Å². The zero-order chi connectivity index (χ0) is 14.0. The van der Waals surface area contributed by atoms with Crippen LogP contribution in [0.3, 0.4) is 0 Å². The molecule has 1 saturated carbocycles. The van der Waals surface area contributed by atoms with E-state index in [-0.39, 0.29) is 18.7 Å². The zero-order valence-corrected chi connectivity index (χ0v) is 10.5. The smallest absolute Gasteiger partial charge is 0.306 e. The van der Waals surface area contributed by atoms with Crippen molar-refractivity contribution in [1.29, 1.82) is 0 Å². The predicted octanol–water partition coefficient (Wildman–Crippen LogP) is 0.814. The first kappa shape index (κ1) is 13.7. The summed E-state index contributed by atoms with van der Waals surface area (Å²) in [6.45, 7) is 1.78. The van der Waals surface area contributed by atoms with Crippen LogP contribution in [0.1, 0.15) is 25.5 Å². The summed E-state index contributed by atoms with van der Waals surface area (Å²) in [6, 6.07) is -0.504. The Bertz CT molecular complexity index is 483. The first-order valence-corrected chi connectivity index (χ1v) is 6.19. The zero-order valence-electron chi connectivity index (χ0n) is 10.5. The molecule has 0 bridgehead atoms. The fourth-order valence-corrected chi connectivity index (χ4v) is 2.30. The van der Waals surface area contributed by atoms with Crippen LogP contribution in [0.5, 0.6) is 0 Å². The van der Waals surface area contributed by atoms with E-state index >= 15 is 0 Å². The molecule has 7 heteroatoms. The molecule has 0 saturated heterocycles. The van der Waals surface area contributed by atoms with Crippen LogP contribution in [0.4, 0.5) is 10.2 Å². The van der Waals surface area contributed by atoms with E-state index in [0.717, 1.165) is 0 Å². The maximum atomic E-state index is 13.9. The van der Waals surface area contributed by atoms with Gasteiger partial charge < -0.3 is 15.5 Å². The number of aryl methyl sites for hydroxylation is 1. The molecule has 1 aliphatic rings. The molecule has 0 radical (unpaired) electrons. The molecule has 6 nitrogen and oxygen atoms in total. The van der Waals surface area contributed by atoms with Crippen molar-refractivity contribution in [3.8, 4) is 0 Å². The predicted molar refractivity (Wildman–Crippen MR) is 65.1 cm³/mol. The average Bonchev–Trinajstić information content (AvgIpc) is 2.74. The van der Waals surface area contributed by atoms with Crippen LogP contribution in [-0.2, 0) is 11.2 Å². The van der Waals surface area contributed by atoms with E-state index < -0.39 is 29.9 Å². The van der Waals surface area contributed by atoms with Crippen LogP contribution in [0.2, 0.25) is 0 Å².